The summed E-state index contributed by atoms with van der Waals surface area (Å²) in [6.07, 6.45) is 3.93. The maximum atomic E-state index is 3.66. The fourth-order valence-electron chi connectivity index (χ4n) is 3.06. The van der Waals surface area contributed by atoms with Crippen LogP contribution in [-0.4, -0.2) is 86.7 Å². The highest BCUT2D eigenvalue weighted by Crippen LogP contribution is 2.10. The third-order valence-electron chi connectivity index (χ3n) is 4.60. The standard InChI is InChI=1S/C15H32N4/c1-3-6-16-15-4-7-18(8-5-15)13-14-19-11-9-17(2)10-12-19/h15-16H,3-14H2,1-2H3. The highest BCUT2D eigenvalue weighted by molar-refractivity contribution is 4.78. The first-order chi connectivity index (χ1) is 9.28. The number of likely N-dealkylation sites (N-methyl/N-ethyl adjacent to an activating group) is 1. The van der Waals surface area contributed by atoms with Gasteiger partial charge >= 0.3 is 0 Å². The number of piperazine rings is 1. The van der Waals surface area contributed by atoms with Crippen LogP contribution in [0.1, 0.15) is 26.2 Å². The topological polar surface area (TPSA) is 21.8 Å². The molecule has 2 aliphatic rings. The SMILES string of the molecule is CCCNC1CCN(CCN2CCN(C)CC2)CC1. The average Bonchev–Trinajstić information content (AvgIpc) is 2.46. The van der Waals surface area contributed by atoms with E-state index in [4.69, 9.17) is 0 Å². The molecule has 0 atom stereocenters. The van der Waals surface area contributed by atoms with Gasteiger partial charge in [0.15, 0.2) is 0 Å². The van der Waals surface area contributed by atoms with Crippen LogP contribution in [0.2, 0.25) is 0 Å². The van der Waals surface area contributed by atoms with E-state index in [1.165, 1.54) is 78.2 Å². The quantitative estimate of drug-likeness (QED) is 0.765. The third-order valence-corrected chi connectivity index (χ3v) is 4.60. The molecule has 4 nitrogen and oxygen atoms in total. The smallest absolute Gasteiger partial charge is 0.0110 e. The van der Waals surface area contributed by atoms with Crippen molar-refractivity contribution in [3.05, 3.63) is 0 Å². The van der Waals surface area contributed by atoms with Gasteiger partial charge < -0.3 is 15.1 Å². The summed E-state index contributed by atoms with van der Waals surface area (Å²) < 4.78 is 0. The number of hydrogen-bond acceptors (Lipinski definition) is 4. The molecule has 2 heterocycles. The lowest BCUT2D eigenvalue weighted by atomic mass is 10.0. The predicted octanol–water partition coefficient (Wildman–Crippen LogP) is 0.698. The largest absolute Gasteiger partial charge is 0.314 e. The molecular formula is C15H32N4. The molecule has 0 aromatic carbocycles. The molecule has 0 spiro atoms. The van der Waals surface area contributed by atoms with E-state index < -0.39 is 0 Å². The summed E-state index contributed by atoms with van der Waals surface area (Å²) in [5.74, 6) is 0. The van der Waals surface area contributed by atoms with Crippen molar-refractivity contribution < 1.29 is 0 Å². The first-order valence-corrected chi connectivity index (χ1v) is 8.14. The molecule has 0 bridgehead atoms. The first-order valence-electron chi connectivity index (χ1n) is 8.14. The summed E-state index contributed by atoms with van der Waals surface area (Å²) in [7, 11) is 2.23. The molecule has 0 aromatic rings. The van der Waals surface area contributed by atoms with Gasteiger partial charge in [0.2, 0.25) is 0 Å². The Balaban J connectivity index is 1.55. The monoisotopic (exact) mass is 268 g/mol. The fourth-order valence-corrected chi connectivity index (χ4v) is 3.06. The number of piperidine rings is 1. The van der Waals surface area contributed by atoms with Crippen LogP contribution in [0.15, 0.2) is 0 Å². The molecular weight excluding hydrogens is 236 g/mol. The normalized spacial score (nSPS) is 24.9. The van der Waals surface area contributed by atoms with Gasteiger partial charge in [0.25, 0.3) is 0 Å². The van der Waals surface area contributed by atoms with Crippen LogP contribution in [0.4, 0.5) is 0 Å². The molecule has 0 radical (unpaired) electrons. The Morgan fingerprint density at radius 2 is 1.47 bits per heavy atom. The summed E-state index contributed by atoms with van der Waals surface area (Å²) in [4.78, 5) is 7.71. The van der Waals surface area contributed by atoms with Crippen LogP contribution < -0.4 is 5.32 Å². The molecule has 2 aliphatic heterocycles. The minimum atomic E-state index is 0.778. The summed E-state index contributed by atoms with van der Waals surface area (Å²) in [5, 5.41) is 3.66. The van der Waals surface area contributed by atoms with Gasteiger partial charge in [0, 0.05) is 45.3 Å². The van der Waals surface area contributed by atoms with E-state index in [0.29, 0.717) is 0 Å². The van der Waals surface area contributed by atoms with Crippen LogP contribution in [0.25, 0.3) is 0 Å². The zero-order chi connectivity index (χ0) is 13.5. The Kier molecular flexibility index (Phi) is 6.57. The third kappa shape index (κ3) is 5.38. The molecule has 2 saturated heterocycles. The summed E-state index contributed by atoms with van der Waals surface area (Å²) >= 11 is 0. The Morgan fingerprint density at radius 1 is 0.895 bits per heavy atom. The van der Waals surface area contributed by atoms with Gasteiger partial charge in [-0.25, -0.2) is 0 Å². The van der Waals surface area contributed by atoms with Crippen molar-refractivity contribution >= 4 is 0 Å². The molecule has 0 aromatic heterocycles. The van der Waals surface area contributed by atoms with Crippen molar-refractivity contribution in [1.82, 2.24) is 20.0 Å². The molecule has 2 rings (SSSR count). The van der Waals surface area contributed by atoms with Crippen LogP contribution in [0.3, 0.4) is 0 Å². The number of nitrogens with one attached hydrogen (secondary N) is 1. The summed E-state index contributed by atoms with van der Waals surface area (Å²) in [6.45, 7) is 13.5. The van der Waals surface area contributed by atoms with Gasteiger partial charge in [-0.05, 0) is 45.9 Å². The first kappa shape index (κ1) is 15.2. The summed E-state index contributed by atoms with van der Waals surface area (Å²) in [5.41, 5.74) is 0. The van der Waals surface area contributed by atoms with Crippen molar-refractivity contribution in [3.63, 3.8) is 0 Å². The van der Waals surface area contributed by atoms with Crippen molar-refractivity contribution in [3.8, 4) is 0 Å². The molecule has 19 heavy (non-hydrogen) atoms. The predicted molar refractivity (Wildman–Crippen MR) is 81.7 cm³/mol. The van der Waals surface area contributed by atoms with Crippen LogP contribution in [0.5, 0.6) is 0 Å². The van der Waals surface area contributed by atoms with Crippen molar-refractivity contribution in [2.75, 3.05) is 66.0 Å². The second kappa shape index (κ2) is 8.20. The maximum Gasteiger partial charge on any atom is 0.0110 e. The van der Waals surface area contributed by atoms with E-state index in [9.17, 15) is 0 Å². The highest BCUT2D eigenvalue weighted by atomic mass is 15.3. The van der Waals surface area contributed by atoms with E-state index in [2.05, 4.69) is 34.0 Å². The van der Waals surface area contributed by atoms with E-state index in [-0.39, 0.29) is 0 Å². The molecule has 0 amide bonds. The Labute approximate surface area is 119 Å². The lowest BCUT2D eigenvalue weighted by Gasteiger charge is -2.36. The zero-order valence-corrected chi connectivity index (χ0v) is 12.9. The molecule has 0 unspecified atom stereocenters. The Bertz CT molecular complexity index is 230. The van der Waals surface area contributed by atoms with Gasteiger partial charge in [-0.1, -0.05) is 6.92 Å². The molecule has 2 fully saturated rings. The van der Waals surface area contributed by atoms with Crippen LogP contribution >= 0.6 is 0 Å². The van der Waals surface area contributed by atoms with Crippen LogP contribution in [0, 0.1) is 0 Å². The Morgan fingerprint density at radius 3 is 2.05 bits per heavy atom. The fraction of sp³-hybridized carbons (Fsp3) is 1.00. The second-order valence-electron chi connectivity index (χ2n) is 6.21. The molecule has 1 N–H and O–H groups in total. The number of rotatable bonds is 6. The Hall–Kier alpha value is -0.160. The molecule has 0 aliphatic carbocycles. The number of nitrogens with zero attached hydrogens (tertiary/aromatic N) is 3. The highest BCUT2D eigenvalue weighted by Gasteiger charge is 2.19. The van der Waals surface area contributed by atoms with Crippen molar-refractivity contribution in [2.24, 2.45) is 0 Å². The molecule has 112 valence electrons. The van der Waals surface area contributed by atoms with E-state index in [0.717, 1.165) is 6.04 Å². The zero-order valence-electron chi connectivity index (χ0n) is 12.9. The van der Waals surface area contributed by atoms with Crippen LogP contribution in [-0.2, 0) is 0 Å². The minimum absolute atomic E-state index is 0.778. The molecule has 0 saturated carbocycles. The summed E-state index contributed by atoms with van der Waals surface area (Å²) in [6, 6.07) is 0.778. The minimum Gasteiger partial charge on any atom is -0.314 e. The lowest BCUT2D eigenvalue weighted by Crippen LogP contribution is -2.49. The van der Waals surface area contributed by atoms with Crippen molar-refractivity contribution in [1.29, 1.82) is 0 Å². The van der Waals surface area contributed by atoms with Gasteiger partial charge in [-0.2, -0.15) is 0 Å². The van der Waals surface area contributed by atoms with E-state index in [1.54, 1.807) is 0 Å². The van der Waals surface area contributed by atoms with Gasteiger partial charge in [0.1, 0.15) is 0 Å². The van der Waals surface area contributed by atoms with E-state index in [1.807, 2.05) is 0 Å². The second-order valence-corrected chi connectivity index (χ2v) is 6.21. The molecule has 4 heteroatoms. The van der Waals surface area contributed by atoms with E-state index >= 15 is 0 Å². The maximum absolute atomic E-state index is 3.66. The number of hydrogen-bond donors (Lipinski definition) is 1. The average molecular weight is 268 g/mol. The van der Waals surface area contributed by atoms with Gasteiger partial charge in [-0.3, -0.25) is 4.90 Å². The lowest BCUT2D eigenvalue weighted by molar-refractivity contribution is 0.123. The van der Waals surface area contributed by atoms with Crippen molar-refractivity contribution in [2.45, 2.75) is 32.2 Å². The number of likely N-dealkylation sites (tertiary alicyclic amines) is 1. The van der Waals surface area contributed by atoms with Gasteiger partial charge in [-0.15, -0.1) is 0 Å². The van der Waals surface area contributed by atoms with Gasteiger partial charge in [0.05, 0.1) is 0 Å².